The summed E-state index contributed by atoms with van der Waals surface area (Å²) in [6, 6.07) is 29.3. The average Bonchev–Trinajstić information content (AvgIpc) is 3.20. The van der Waals surface area contributed by atoms with Gasteiger partial charge in [0, 0.05) is 81.6 Å². The predicted molar refractivity (Wildman–Crippen MR) is 209 cm³/mol. The van der Waals surface area contributed by atoms with E-state index in [1.807, 2.05) is 50.5 Å². The molecule has 6 aromatic rings. The molecule has 0 bridgehead atoms. The molecule has 11 nitrogen and oxygen atoms in total. The molecule has 2 aliphatic rings. The second kappa shape index (κ2) is 14.6. The lowest BCUT2D eigenvalue weighted by Gasteiger charge is -2.30. The summed E-state index contributed by atoms with van der Waals surface area (Å²) in [6.45, 7) is 6.75. The Labute approximate surface area is 304 Å². The van der Waals surface area contributed by atoms with Crippen molar-refractivity contribution in [2.45, 2.75) is 6.54 Å². The summed E-state index contributed by atoms with van der Waals surface area (Å²) in [5.74, 6) is 3.75. The summed E-state index contributed by atoms with van der Waals surface area (Å²) in [6.07, 6.45) is 0. The fourth-order valence-electron chi connectivity index (χ4n) is 7.14. The lowest BCUT2D eigenvalue weighted by Crippen LogP contribution is -2.36. The van der Waals surface area contributed by atoms with Crippen molar-refractivity contribution in [3.8, 4) is 28.5 Å². The predicted octanol–water partition coefficient (Wildman–Crippen LogP) is 6.29. The molecule has 2 fully saturated rings. The first-order chi connectivity index (χ1) is 25.5. The summed E-state index contributed by atoms with van der Waals surface area (Å²) < 4.78 is 17.2. The van der Waals surface area contributed by atoms with Gasteiger partial charge in [-0.15, -0.1) is 0 Å². The van der Waals surface area contributed by atoms with E-state index in [9.17, 15) is 0 Å². The number of rotatable bonds is 9. The molecule has 8 rings (SSSR count). The molecule has 52 heavy (non-hydrogen) atoms. The zero-order valence-electron chi connectivity index (χ0n) is 30.2. The van der Waals surface area contributed by atoms with Gasteiger partial charge in [0.25, 0.3) is 0 Å². The molecule has 0 saturated carbocycles. The van der Waals surface area contributed by atoms with Gasteiger partial charge in [-0.05, 0) is 60.2 Å². The Morgan fingerprint density at radius 1 is 0.615 bits per heavy atom. The van der Waals surface area contributed by atoms with Crippen molar-refractivity contribution in [1.82, 2.24) is 19.9 Å². The first-order valence-corrected chi connectivity index (χ1v) is 17.9. The Kier molecular flexibility index (Phi) is 9.44. The van der Waals surface area contributed by atoms with Crippen LogP contribution in [0.25, 0.3) is 44.6 Å². The molecular formula is C41H44N8O3. The highest BCUT2D eigenvalue weighted by molar-refractivity contribution is 5.93. The third-order valence-electron chi connectivity index (χ3n) is 9.87. The van der Waals surface area contributed by atoms with Crippen LogP contribution in [0.15, 0.2) is 84.9 Å². The first-order valence-electron chi connectivity index (χ1n) is 17.9. The Morgan fingerprint density at radius 3 is 1.73 bits per heavy atom. The monoisotopic (exact) mass is 696 g/mol. The summed E-state index contributed by atoms with van der Waals surface area (Å²) in [5.41, 5.74) is 6.94. The van der Waals surface area contributed by atoms with Crippen LogP contribution in [0.1, 0.15) is 5.56 Å². The number of anilines is 4. The average molecular weight is 697 g/mol. The number of hydrogen-bond donors (Lipinski definition) is 0. The number of nitrogens with zero attached hydrogens (tertiary/aromatic N) is 8. The lowest BCUT2D eigenvalue weighted by molar-refractivity contribution is 0.122. The van der Waals surface area contributed by atoms with E-state index in [-0.39, 0.29) is 0 Å². The van der Waals surface area contributed by atoms with Crippen molar-refractivity contribution in [3.63, 3.8) is 0 Å². The SMILES string of the molecule is COc1ccc(N2CCOCC2)cc1-c1nc(N(C)Cc2ccc(N3CCOCC3)cc2-c2nc(N(C)C)c3ccccc3n2)c2ccccc2n1. The zero-order valence-corrected chi connectivity index (χ0v) is 30.2. The molecule has 2 saturated heterocycles. The normalized spacial score (nSPS) is 14.9. The minimum absolute atomic E-state index is 0.567. The van der Waals surface area contributed by atoms with Gasteiger partial charge in [-0.25, -0.2) is 19.9 Å². The Hall–Kier alpha value is -5.52. The third kappa shape index (κ3) is 6.65. The number of fused-ring (bicyclic) bond motifs is 2. The summed E-state index contributed by atoms with van der Waals surface area (Å²) >= 11 is 0. The highest BCUT2D eigenvalue weighted by Gasteiger charge is 2.22. The molecule has 0 amide bonds. The molecule has 0 N–H and O–H groups in total. The Bertz CT molecular complexity index is 2220. The molecule has 4 aromatic carbocycles. The standard InChI is InChI=1S/C41H44N8O3/c1-46(2)40-31-9-5-7-11-35(31)42-38(44-40)33-25-29(48-17-21-51-22-18-48)14-13-28(33)27-47(3)41-32-10-6-8-12-36(32)43-39(45-41)34-26-30(15-16-37(34)50-4)49-19-23-52-24-20-49/h5-16,25-26H,17-24,27H2,1-4H3. The molecular weight excluding hydrogens is 653 g/mol. The van der Waals surface area contributed by atoms with Gasteiger partial charge in [0.2, 0.25) is 0 Å². The smallest absolute Gasteiger partial charge is 0.165 e. The van der Waals surface area contributed by atoms with Crippen molar-refractivity contribution in [2.75, 3.05) is 100 Å². The minimum Gasteiger partial charge on any atom is -0.496 e. The van der Waals surface area contributed by atoms with E-state index in [4.69, 9.17) is 34.1 Å². The Balaban J connectivity index is 1.23. The van der Waals surface area contributed by atoms with Crippen molar-refractivity contribution in [3.05, 3.63) is 90.5 Å². The van der Waals surface area contributed by atoms with Crippen LogP contribution in [0, 0.1) is 0 Å². The van der Waals surface area contributed by atoms with Crippen LogP contribution in [0.5, 0.6) is 5.75 Å². The van der Waals surface area contributed by atoms with E-state index >= 15 is 0 Å². The van der Waals surface area contributed by atoms with Crippen molar-refractivity contribution in [1.29, 1.82) is 0 Å². The van der Waals surface area contributed by atoms with Gasteiger partial charge in [-0.1, -0.05) is 30.3 Å². The molecule has 266 valence electrons. The second-order valence-electron chi connectivity index (χ2n) is 13.5. The van der Waals surface area contributed by atoms with E-state index in [2.05, 4.69) is 75.2 Å². The van der Waals surface area contributed by atoms with E-state index < -0.39 is 0 Å². The number of methoxy groups -OCH3 is 1. The molecule has 4 heterocycles. The molecule has 0 radical (unpaired) electrons. The van der Waals surface area contributed by atoms with Crippen LogP contribution in [-0.4, -0.2) is 101 Å². The topological polar surface area (TPSA) is 92.2 Å². The van der Waals surface area contributed by atoms with Gasteiger partial charge in [0.15, 0.2) is 11.6 Å². The number of hydrogen-bond acceptors (Lipinski definition) is 11. The van der Waals surface area contributed by atoms with Crippen molar-refractivity contribution < 1.29 is 14.2 Å². The molecule has 11 heteroatoms. The molecule has 0 spiro atoms. The lowest BCUT2D eigenvalue weighted by atomic mass is 10.0. The van der Waals surface area contributed by atoms with Crippen molar-refractivity contribution >= 4 is 44.8 Å². The fourth-order valence-corrected chi connectivity index (χ4v) is 7.14. The van der Waals surface area contributed by atoms with E-state index in [0.29, 0.717) is 44.6 Å². The fraction of sp³-hybridized carbons (Fsp3) is 0.317. The van der Waals surface area contributed by atoms with Gasteiger partial charge < -0.3 is 33.8 Å². The largest absolute Gasteiger partial charge is 0.496 e. The number of para-hydroxylation sites is 2. The maximum Gasteiger partial charge on any atom is 0.165 e. The van der Waals surface area contributed by atoms with Gasteiger partial charge >= 0.3 is 0 Å². The van der Waals surface area contributed by atoms with Crippen LogP contribution in [0.3, 0.4) is 0 Å². The van der Waals surface area contributed by atoms with Crippen LogP contribution in [-0.2, 0) is 16.0 Å². The summed E-state index contributed by atoms with van der Waals surface area (Å²) in [5, 5.41) is 1.99. The second-order valence-corrected chi connectivity index (χ2v) is 13.5. The van der Waals surface area contributed by atoms with Gasteiger partial charge in [-0.2, -0.15) is 0 Å². The number of aromatic nitrogens is 4. The zero-order chi connectivity index (χ0) is 35.6. The summed E-state index contributed by atoms with van der Waals surface area (Å²) in [7, 11) is 7.84. The molecule has 2 aliphatic heterocycles. The van der Waals surface area contributed by atoms with Crippen LogP contribution in [0.4, 0.5) is 23.0 Å². The van der Waals surface area contributed by atoms with E-state index in [1.54, 1.807) is 7.11 Å². The molecule has 0 aliphatic carbocycles. The minimum atomic E-state index is 0.567. The number of benzene rings is 4. The number of morpholine rings is 2. The van der Waals surface area contributed by atoms with Gasteiger partial charge in [-0.3, -0.25) is 0 Å². The van der Waals surface area contributed by atoms with Crippen molar-refractivity contribution in [2.24, 2.45) is 0 Å². The van der Waals surface area contributed by atoms with Crippen LogP contribution < -0.4 is 24.3 Å². The van der Waals surface area contributed by atoms with Gasteiger partial charge in [0.1, 0.15) is 17.4 Å². The van der Waals surface area contributed by atoms with E-state index in [1.165, 1.54) is 0 Å². The highest BCUT2D eigenvalue weighted by atomic mass is 16.5. The maximum absolute atomic E-state index is 5.87. The quantitative estimate of drug-likeness (QED) is 0.171. The molecule has 0 atom stereocenters. The highest BCUT2D eigenvalue weighted by Crippen LogP contribution is 2.37. The van der Waals surface area contributed by atoms with Gasteiger partial charge in [0.05, 0.1) is 50.1 Å². The van der Waals surface area contributed by atoms with Crippen LogP contribution in [0.2, 0.25) is 0 Å². The number of ether oxygens (including phenoxy) is 3. The third-order valence-corrected chi connectivity index (χ3v) is 9.87. The first kappa shape index (κ1) is 33.6. The van der Waals surface area contributed by atoms with Crippen LogP contribution >= 0.6 is 0 Å². The molecule has 0 unspecified atom stereocenters. The molecule has 2 aromatic heterocycles. The van der Waals surface area contributed by atoms with E-state index in [0.717, 1.165) is 93.4 Å². The summed E-state index contributed by atoms with van der Waals surface area (Å²) in [4.78, 5) is 29.6. The Morgan fingerprint density at radius 2 is 1.13 bits per heavy atom. The maximum atomic E-state index is 5.87.